The van der Waals surface area contributed by atoms with E-state index in [-0.39, 0.29) is 17.8 Å². The Hall–Kier alpha value is -2.94. The topological polar surface area (TPSA) is 65.8 Å². The molecular weight excluding hydrogens is 458 g/mol. The highest BCUT2D eigenvalue weighted by atomic mass is 32.1. The van der Waals surface area contributed by atoms with E-state index >= 15 is 0 Å². The number of phenolic OH excluding ortho intramolecular Hbond substituents is 1. The lowest BCUT2D eigenvalue weighted by atomic mass is 9.96. The normalized spacial score (nSPS) is 20.9. The van der Waals surface area contributed by atoms with E-state index in [2.05, 4.69) is 39.7 Å². The van der Waals surface area contributed by atoms with Crippen molar-refractivity contribution < 1.29 is 9.84 Å². The van der Waals surface area contributed by atoms with Crippen molar-refractivity contribution in [3.63, 3.8) is 0 Å². The number of hydrogen-bond acceptors (Lipinski definition) is 5. The minimum absolute atomic E-state index is 0.134. The van der Waals surface area contributed by atoms with Gasteiger partial charge in [-0.2, -0.15) is 0 Å². The van der Waals surface area contributed by atoms with E-state index in [4.69, 9.17) is 17.0 Å². The van der Waals surface area contributed by atoms with Gasteiger partial charge in [-0.05, 0) is 68.4 Å². The molecule has 7 nitrogen and oxygen atoms in total. The number of hydrogen-bond donors (Lipinski definition) is 2. The van der Waals surface area contributed by atoms with E-state index < -0.39 is 0 Å². The maximum absolute atomic E-state index is 10.7. The molecule has 2 N–H and O–H groups in total. The van der Waals surface area contributed by atoms with Gasteiger partial charge in [0.15, 0.2) is 5.11 Å². The number of rotatable bonds is 7. The van der Waals surface area contributed by atoms with Crippen molar-refractivity contribution in [3.8, 4) is 5.75 Å². The summed E-state index contributed by atoms with van der Waals surface area (Å²) in [6.07, 6.45) is 2.90. The number of nitrogens with zero attached hydrogens (tertiary/aromatic N) is 4. The van der Waals surface area contributed by atoms with Crippen molar-refractivity contribution in [1.29, 1.82) is 0 Å². The summed E-state index contributed by atoms with van der Waals surface area (Å²) in [6, 6.07) is 15.3. The number of para-hydroxylation sites is 2. The SMILES string of the molecule is Cc1cc([C@@H]2[C@@H](c3ccccn3)NC(=S)N2c2ccccc2O)c(C)n1CCCN1CCOCC1. The summed E-state index contributed by atoms with van der Waals surface area (Å²) >= 11 is 5.81. The fraction of sp³-hybridized carbons (Fsp3) is 0.407. The van der Waals surface area contributed by atoms with Gasteiger partial charge in [0, 0.05) is 43.8 Å². The first-order valence-electron chi connectivity index (χ1n) is 12.3. The Kier molecular flexibility index (Phi) is 7.04. The number of aromatic nitrogens is 2. The Bertz CT molecular complexity index is 1180. The summed E-state index contributed by atoms with van der Waals surface area (Å²) in [5.74, 6) is 0.211. The van der Waals surface area contributed by atoms with Crippen LogP contribution in [0.2, 0.25) is 0 Å². The first kappa shape index (κ1) is 23.8. The molecule has 2 aliphatic heterocycles. The van der Waals surface area contributed by atoms with E-state index in [0.29, 0.717) is 10.8 Å². The van der Waals surface area contributed by atoms with E-state index in [0.717, 1.165) is 51.5 Å². The number of thiocarbonyl (C=S) groups is 1. The fourth-order valence-electron chi connectivity index (χ4n) is 5.35. The van der Waals surface area contributed by atoms with Crippen LogP contribution in [0.15, 0.2) is 54.7 Å². The van der Waals surface area contributed by atoms with Crippen LogP contribution in [0.25, 0.3) is 0 Å². The van der Waals surface area contributed by atoms with Crippen LogP contribution in [-0.2, 0) is 11.3 Å². The first-order chi connectivity index (χ1) is 17.0. The number of anilines is 1. The van der Waals surface area contributed by atoms with Gasteiger partial charge in [-0.25, -0.2) is 0 Å². The smallest absolute Gasteiger partial charge is 0.174 e. The molecule has 0 aliphatic carbocycles. The number of morpholine rings is 1. The van der Waals surface area contributed by atoms with Crippen molar-refractivity contribution >= 4 is 23.0 Å². The Morgan fingerprint density at radius 1 is 1.09 bits per heavy atom. The van der Waals surface area contributed by atoms with Gasteiger partial charge >= 0.3 is 0 Å². The largest absolute Gasteiger partial charge is 0.506 e. The second-order valence-corrected chi connectivity index (χ2v) is 9.66. The van der Waals surface area contributed by atoms with Crippen LogP contribution in [0.1, 0.15) is 41.1 Å². The number of benzene rings is 1. The average Bonchev–Trinajstić information content (AvgIpc) is 3.36. The zero-order valence-electron chi connectivity index (χ0n) is 20.4. The minimum atomic E-state index is -0.134. The summed E-state index contributed by atoms with van der Waals surface area (Å²) in [7, 11) is 0. The molecule has 2 aliphatic rings. The van der Waals surface area contributed by atoms with Gasteiger partial charge in [0.25, 0.3) is 0 Å². The van der Waals surface area contributed by atoms with Crippen LogP contribution in [0.3, 0.4) is 0 Å². The summed E-state index contributed by atoms with van der Waals surface area (Å²) in [5, 5.41) is 14.8. The van der Waals surface area contributed by atoms with Crippen LogP contribution < -0.4 is 10.2 Å². The van der Waals surface area contributed by atoms with Crippen LogP contribution in [-0.4, -0.2) is 57.5 Å². The third-order valence-corrected chi connectivity index (χ3v) is 7.45. The number of aryl methyl sites for hydroxylation is 1. The molecule has 2 aromatic heterocycles. The fourth-order valence-corrected chi connectivity index (χ4v) is 5.69. The predicted octanol–water partition coefficient (Wildman–Crippen LogP) is 4.10. The van der Waals surface area contributed by atoms with Gasteiger partial charge < -0.3 is 24.6 Å². The van der Waals surface area contributed by atoms with Crippen molar-refractivity contribution in [2.45, 2.75) is 38.9 Å². The Balaban J connectivity index is 1.48. The molecule has 0 unspecified atom stereocenters. The first-order valence-corrected chi connectivity index (χ1v) is 12.7. The third kappa shape index (κ3) is 4.78. The highest BCUT2D eigenvalue weighted by Gasteiger charge is 2.42. The number of phenols is 1. The zero-order chi connectivity index (χ0) is 24.4. The highest BCUT2D eigenvalue weighted by molar-refractivity contribution is 7.80. The van der Waals surface area contributed by atoms with Crippen molar-refractivity contribution in [2.75, 3.05) is 37.7 Å². The molecule has 8 heteroatoms. The summed E-state index contributed by atoms with van der Waals surface area (Å²) in [4.78, 5) is 9.17. The third-order valence-electron chi connectivity index (χ3n) is 7.13. The van der Waals surface area contributed by atoms with Crippen LogP contribution in [0.5, 0.6) is 5.75 Å². The molecule has 35 heavy (non-hydrogen) atoms. The van der Waals surface area contributed by atoms with Crippen LogP contribution in [0.4, 0.5) is 5.69 Å². The van der Waals surface area contributed by atoms with Crippen LogP contribution >= 0.6 is 12.2 Å². The minimum Gasteiger partial charge on any atom is -0.506 e. The quantitative estimate of drug-likeness (QED) is 0.482. The molecule has 2 atom stereocenters. The molecule has 2 fully saturated rings. The monoisotopic (exact) mass is 491 g/mol. The highest BCUT2D eigenvalue weighted by Crippen LogP contribution is 2.45. The molecule has 0 radical (unpaired) electrons. The molecule has 0 saturated carbocycles. The standard InChI is InChI=1S/C27H33N5O2S/c1-19-18-21(20(2)31(19)13-7-12-30-14-16-34-17-15-30)26-25(22-8-5-6-11-28-22)29-27(35)32(26)23-9-3-4-10-24(23)33/h3-6,8-11,18,25-26,33H,7,12-17H2,1-2H3,(H,29,35)/t25-,26-/m1/s1. The molecule has 5 rings (SSSR count). The molecule has 0 bridgehead atoms. The second-order valence-electron chi connectivity index (χ2n) is 9.27. The second kappa shape index (κ2) is 10.4. The molecular formula is C27H33N5O2S. The molecule has 2 saturated heterocycles. The van der Waals surface area contributed by atoms with Crippen molar-refractivity contribution in [3.05, 3.63) is 77.4 Å². The van der Waals surface area contributed by atoms with E-state index in [1.807, 2.05) is 47.5 Å². The molecule has 3 aromatic rings. The van der Waals surface area contributed by atoms with E-state index in [1.165, 1.54) is 17.0 Å². The summed E-state index contributed by atoms with van der Waals surface area (Å²) < 4.78 is 7.89. The maximum atomic E-state index is 10.7. The zero-order valence-corrected chi connectivity index (χ0v) is 21.2. The van der Waals surface area contributed by atoms with E-state index in [1.54, 1.807) is 6.07 Å². The molecule has 4 heterocycles. The number of pyridine rings is 1. The number of ether oxygens (including phenoxy) is 1. The molecule has 184 valence electrons. The van der Waals surface area contributed by atoms with E-state index in [9.17, 15) is 5.11 Å². The van der Waals surface area contributed by atoms with Gasteiger partial charge in [0.2, 0.25) is 0 Å². The van der Waals surface area contributed by atoms with Crippen LogP contribution in [0, 0.1) is 13.8 Å². The average molecular weight is 492 g/mol. The summed E-state index contributed by atoms with van der Waals surface area (Å²) in [5.41, 5.74) is 5.28. The Morgan fingerprint density at radius 3 is 2.60 bits per heavy atom. The van der Waals surface area contributed by atoms with Gasteiger partial charge in [-0.15, -0.1) is 0 Å². The number of aromatic hydroxyl groups is 1. The predicted molar refractivity (Wildman–Crippen MR) is 142 cm³/mol. The van der Waals surface area contributed by atoms with Gasteiger partial charge in [-0.1, -0.05) is 18.2 Å². The maximum Gasteiger partial charge on any atom is 0.174 e. The Morgan fingerprint density at radius 2 is 1.86 bits per heavy atom. The summed E-state index contributed by atoms with van der Waals surface area (Å²) in [6.45, 7) is 10.1. The van der Waals surface area contributed by atoms with Crippen molar-refractivity contribution in [1.82, 2.24) is 19.8 Å². The lowest BCUT2D eigenvalue weighted by Gasteiger charge is -2.29. The number of nitrogens with one attached hydrogen (secondary N) is 1. The van der Waals surface area contributed by atoms with Crippen molar-refractivity contribution in [2.24, 2.45) is 0 Å². The molecule has 1 aromatic carbocycles. The molecule has 0 spiro atoms. The lowest BCUT2D eigenvalue weighted by Crippen LogP contribution is -2.37. The van der Waals surface area contributed by atoms with Gasteiger partial charge in [0.05, 0.1) is 36.7 Å². The molecule has 0 amide bonds. The van der Waals surface area contributed by atoms with Gasteiger partial charge in [-0.3, -0.25) is 9.88 Å². The Labute approximate surface area is 212 Å². The lowest BCUT2D eigenvalue weighted by molar-refractivity contribution is 0.0369. The van der Waals surface area contributed by atoms with Gasteiger partial charge in [0.1, 0.15) is 5.75 Å².